The van der Waals surface area contributed by atoms with E-state index in [-0.39, 0.29) is 18.2 Å². The lowest BCUT2D eigenvalue weighted by Crippen LogP contribution is -2.50. The Morgan fingerprint density at radius 3 is 2.86 bits per heavy atom. The van der Waals surface area contributed by atoms with Crippen LogP contribution in [0.2, 0.25) is 0 Å². The predicted molar refractivity (Wildman–Crippen MR) is 72.8 cm³/mol. The molecule has 2 fully saturated rings. The third-order valence-electron chi connectivity index (χ3n) is 3.55. The van der Waals surface area contributed by atoms with Crippen LogP contribution in [0, 0.1) is 0 Å². The van der Waals surface area contributed by atoms with Crippen LogP contribution in [-0.2, 0) is 0 Å². The molecule has 1 aromatic rings. The molecule has 2 aliphatic rings. The summed E-state index contributed by atoms with van der Waals surface area (Å²) in [4.78, 5) is 34.8. The second-order valence-corrected chi connectivity index (χ2v) is 5.03. The Balaban J connectivity index is 1.60. The van der Waals surface area contributed by atoms with E-state index in [0.29, 0.717) is 32.2 Å². The van der Waals surface area contributed by atoms with E-state index in [0.717, 1.165) is 12.8 Å². The molecule has 0 bridgehead atoms. The lowest BCUT2D eigenvalue weighted by atomic mass is 10.1. The number of rotatable bonds is 2. The topological polar surface area (TPSA) is 87.7 Å². The number of carbonyl (C=O) groups excluding carboxylic acids is 2. The Hall–Kier alpha value is -2.38. The standard InChI is InChI=1S/C13H17N5O3/c19-12-16-6-8-18(12)13(20)17-7-1-3-10(9-17)21-11-14-4-2-5-15-11/h2,4-5,10H,1,3,6-9H2,(H,16,19). The molecule has 8 nitrogen and oxygen atoms in total. The van der Waals surface area contributed by atoms with Gasteiger partial charge in [-0.25, -0.2) is 24.5 Å². The minimum absolute atomic E-state index is 0.143. The van der Waals surface area contributed by atoms with Crippen LogP contribution < -0.4 is 10.1 Å². The van der Waals surface area contributed by atoms with Crippen molar-refractivity contribution in [3.05, 3.63) is 18.5 Å². The van der Waals surface area contributed by atoms with Crippen molar-refractivity contribution >= 4 is 12.1 Å². The molecule has 3 heterocycles. The van der Waals surface area contributed by atoms with Gasteiger partial charge in [0.15, 0.2) is 0 Å². The summed E-state index contributed by atoms with van der Waals surface area (Å²) >= 11 is 0. The zero-order chi connectivity index (χ0) is 14.7. The summed E-state index contributed by atoms with van der Waals surface area (Å²) in [7, 11) is 0. The Morgan fingerprint density at radius 2 is 2.14 bits per heavy atom. The molecule has 21 heavy (non-hydrogen) atoms. The minimum Gasteiger partial charge on any atom is -0.458 e. The van der Waals surface area contributed by atoms with E-state index in [1.54, 1.807) is 23.4 Å². The first-order chi connectivity index (χ1) is 10.2. The molecule has 3 rings (SSSR count). The van der Waals surface area contributed by atoms with Gasteiger partial charge in [0.05, 0.1) is 6.54 Å². The lowest BCUT2D eigenvalue weighted by Gasteiger charge is -2.33. The summed E-state index contributed by atoms with van der Waals surface area (Å²) in [6.07, 6.45) is 4.76. The highest BCUT2D eigenvalue weighted by Gasteiger charge is 2.33. The molecule has 0 aromatic carbocycles. The van der Waals surface area contributed by atoms with Crippen molar-refractivity contribution in [2.45, 2.75) is 18.9 Å². The Bertz CT molecular complexity index is 524. The van der Waals surface area contributed by atoms with Gasteiger partial charge in [-0.2, -0.15) is 0 Å². The normalized spacial score (nSPS) is 22.1. The van der Waals surface area contributed by atoms with Crippen LogP contribution in [0.15, 0.2) is 18.5 Å². The molecule has 1 unspecified atom stereocenters. The van der Waals surface area contributed by atoms with E-state index in [4.69, 9.17) is 4.74 Å². The predicted octanol–water partition coefficient (Wildman–Crippen LogP) is 0.465. The lowest BCUT2D eigenvalue weighted by molar-refractivity contribution is 0.0849. The number of piperidine rings is 1. The summed E-state index contributed by atoms with van der Waals surface area (Å²) < 4.78 is 5.69. The number of hydrogen-bond donors (Lipinski definition) is 1. The highest BCUT2D eigenvalue weighted by molar-refractivity contribution is 5.95. The second kappa shape index (κ2) is 5.94. The molecule has 2 aliphatic heterocycles. The van der Waals surface area contributed by atoms with Gasteiger partial charge in [0.2, 0.25) is 0 Å². The number of ether oxygens (including phenoxy) is 1. The van der Waals surface area contributed by atoms with Gasteiger partial charge in [0.25, 0.3) is 0 Å². The van der Waals surface area contributed by atoms with Gasteiger partial charge in [-0.3, -0.25) is 0 Å². The van der Waals surface area contributed by atoms with Crippen molar-refractivity contribution in [2.75, 3.05) is 26.2 Å². The number of carbonyl (C=O) groups is 2. The third kappa shape index (κ3) is 3.04. The zero-order valence-corrected chi connectivity index (χ0v) is 11.6. The van der Waals surface area contributed by atoms with Gasteiger partial charge in [-0.1, -0.05) is 0 Å². The largest absolute Gasteiger partial charge is 0.458 e. The van der Waals surface area contributed by atoms with E-state index < -0.39 is 0 Å². The van der Waals surface area contributed by atoms with Gasteiger partial charge in [-0.05, 0) is 18.9 Å². The van der Waals surface area contributed by atoms with Crippen LogP contribution in [0.1, 0.15) is 12.8 Å². The first-order valence-corrected chi connectivity index (χ1v) is 7.02. The quantitative estimate of drug-likeness (QED) is 0.855. The average Bonchev–Trinajstić information content (AvgIpc) is 2.94. The smallest absolute Gasteiger partial charge is 0.328 e. The molecule has 4 amide bonds. The second-order valence-electron chi connectivity index (χ2n) is 5.03. The Labute approximate surface area is 122 Å². The van der Waals surface area contributed by atoms with Crippen molar-refractivity contribution in [3.8, 4) is 6.01 Å². The number of likely N-dealkylation sites (tertiary alicyclic amines) is 1. The van der Waals surface area contributed by atoms with Crippen LogP contribution in [-0.4, -0.2) is 64.1 Å². The number of nitrogens with zero attached hydrogens (tertiary/aromatic N) is 4. The van der Waals surface area contributed by atoms with E-state index in [2.05, 4.69) is 15.3 Å². The van der Waals surface area contributed by atoms with Crippen molar-refractivity contribution in [1.82, 2.24) is 25.1 Å². The first-order valence-electron chi connectivity index (χ1n) is 7.02. The van der Waals surface area contributed by atoms with Crippen molar-refractivity contribution in [1.29, 1.82) is 0 Å². The number of aromatic nitrogens is 2. The first kappa shape index (κ1) is 13.6. The van der Waals surface area contributed by atoms with Gasteiger partial charge < -0.3 is 15.0 Å². The minimum atomic E-state index is -0.325. The molecular formula is C13H17N5O3. The molecule has 0 spiro atoms. The summed E-state index contributed by atoms with van der Waals surface area (Å²) in [5, 5.41) is 2.63. The van der Waals surface area contributed by atoms with Crippen molar-refractivity contribution < 1.29 is 14.3 Å². The molecule has 0 saturated carbocycles. The summed E-state index contributed by atoms with van der Waals surface area (Å²) in [5.74, 6) is 0. The van der Waals surface area contributed by atoms with Crippen LogP contribution in [0.5, 0.6) is 6.01 Å². The number of nitrogens with one attached hydrogen (secondary N) is 1. The molecule has 0 radical (unpaired) electrons. The SMILES string of the molecule is O=C1NCCN1C(=O)N1CCCC(Oc2ncccn2)C1. The number of amides is 4. The molecule has 1 atom stereocenters. The molecule has 1 N–H and O–H groups in total. The third-order valence-corrected chi connectivity index (χ3v) is 3.55. The summed E-state index contributed by atoms with van der Waals surface area (Å²) in [6, 6.07) is 1.45. The van der Waals surface area contributed by atoms with Crippen molar-refractivity contribution in [3.63, 3.8) is 0 Å². The summed E-state index contributed by atoms with van der Waals surface area (Å²) in [5.41, 5.74) is 0. The molecule has 0 aliphatic carbocycles. The fourth-order valence-corrected chi connectivity index (χ4v) is 2.53. The Kier molecular flexibility index (Phi) is 3.85. The van der Waals surface area contributed by atoms with Crippen LogP contribution in [0.3, 0.4) is 0 Å². The van der Waals surface area contributed by atoms with E-state index in [9.17, 15) is 9.59 Å². The van der Waals surface area contributed by atoms with Crippen LogP contribution >= 0.6 is 0 Å². The Morgan fingerprint density at radius 1 is 1.33 bits per heavy atom. The maximum atomic E-state index is 12.3. The van der Waals surface area contributed by atoms with Crippen LogP contribution in [0.4, 0.5) is 9.59 Å². The highest BCUT2D eigenvalue weighted by Crippen LogP contribution is 2.17. The maximum absolute atomic E-state index is 12.3. The fraction of sp³-hybridized carbons (Fsp3) is 0.538. The molecule has 8 heteroatoms. The van der Waals surface area contributed by atoms with E-state index in [1.165, 1.54) is 4.90 Å². The molecular weight excluding hydrogens is 274 g/mol. The zero-order valence-electron chi connectivity index (χ0n) is 11.6. The van der Waals surface area contributed by atoms with E-state index >= 15 is 0 Å². The highest BCUT2D eigenvalue weighted by atomic mass is 16.5. The van der Waals surface area contributed by atoms with E-state index in [1.807, 2.05) is 0 Å². The fourth-order valence-electron chi connectivity index (χ4n) is 2.53. The van der Waals surface area contributed by atoms with Crippen LogP contribution in [0.25, 0.3) is 0 Å². The van der Waals surface area contributed by atoms with Gasteiger partial charge in [0.1, 0.15) is 6.10 Å². The molecule has 2 saturated heterocycles. The summed E-state index contributed by atoms with van der Waals surface area (Å²) in [6.45, 7) is 2.01. The average molecular weight is 291 g/mol. The maximum Gasteiger partial charge on any atom is 0.328 e. The molecule has 1 aromatic heterocycles. The monoisotopic (exact) mass is 291 g/mol. The molecule has 112 valence electrons. The van der Waals surface area contributed by atoms with Gasteiger partial charge >= 0.3 is 18.1 Å². The van der Waals surface area contributed by atoms with Crippen molar-refractivity contribution in [2.24, 2.45) is 0 Å². The number of urea groups is 2. The van der Waals surface area contributed by atoms with Gasteiger partial charge in [0, 0.05) is 32.0 Å². The van der Waals surface area contributed by atoms with Gasteiger partial charge in [-0.15, -0.1) is 0 Å². The number of imide groups is 1. The number of hydrogen-bond acceptors (Lipinski definition) is 5.